The number of aliphatic carboxylic acids is 4. The molecule has 48 heavy (non-hydrogen) atoms. The van der Waals surface area contributed by atoms with Gasteiger partial charge in [0.05, 0.1) is 24.8 Å². The van der Waals surface area contributed by atoms with E-state index in [1.54, 1.807) is 0 Å². The number of thioether (sulfide) groups is 1. The Labute approximate surface area is 275 Å². The van der Waals surface area contributed by atoms with Crippen LogP contribution in [0.5, 0.6) is 11.5 Å². The number of benzene rings is 1. The van der Waals surface area contributed by atoms with E-state index in [2.05, 4.69) is 16.0 Å². The van der Waals surface area contributed by atoms with Crippen molar-refractivity contribution in [2.75, 3.05) is 25.6 Å². The number of carboxylic acids is 4. The Morgan fingerprint density at radius 2 is 1.62 bits per heavy atom. The van der Waals surface area contributed by atoms with Crippen LogP contribution in [-0.2, 0) is 44.8 Å². The first-order valence-electron chi connectivity index (χ1n) is 13.9. The van der Waals surface area contributed by atoms with Crippen LogP contribution >= 0.6 is 11.8 Å². The lowest BCUT2D eigenvalue weighted by Crippen LogP contribution is -2.61. The standard InChI is InChI=1S/C26H36N4O17S/c27-11(24(41)42)1-2-15(32)30-12(23(40)29-6-17(35)36)8-48-22-13(31)3-10(7-45-9-28-5-16(33)34)4-14(22)46-26-20(39)18(37)19(38)21(47-26)25(43)44/h3-4,11-12,18-21,26,28,31,37-39H,1-2,5-9,27H2,(H,29,40)(H,30,32)(H,33,34)(H,35,36)(H,41,42)(H,43,44)/t11?,12?,18-,19-,20+,21?,26?/m0/s1. The lowest BCUT2D eigenvalue weighted by molar-refractivity contribution is -0.271. The lowest BCUT2D eigenvalue weighted by atomic mass is 9.99. The summed E-state index contributed by atoms with van der Waals surface area (Å²) < 4.78 is 16.1. The number of aliphatic hydroxyl groups is 3. The number of aliphatic hydroxyl groups excluding tert-OH is 3. The molecule has 1 aliphatic heterocycles. The molecule has 0 aromatic heterocycles. The van der Waals surface area contributed by atoms with Crippen molar-refractivity contribution in [1.82, 2.24) is 16.0 Å². The zero-order valence-corrected chi connectivity index (χ0v) is 25.7. The zero-order chi connectivity index (χ0) is 36.1. The fourth-order valence-corrected chi connectivity index (χ4v) is 4.97. The second kappa shape index (κ2) is 18.9. The molecule has 0 bridgehead atoms. The molecule has 1 aromatic carbocycles. The van der Waals surface area contributed by atoms with Crippen molar-refractivity contribution in [3.63, 3.8) is 0 Å². The van der Waals surface area contributed by atoms with Crippen molar-refractivity contribution in [3.8, 4) is 11.5 Å². The van der Waals surface area contributed by atoms with E-state index in [0.717, 1.165) is 0 Å². The van der Waals surface area contributed by atoms with Crippen molar-refractivity contribution in [3.05, 3.63) is 17.7 Å². The average molecular weight is 709 g/mol. The van der Waals surface area contributed by atoms with Crippen LogP contribution < -0.4 is 26.4 Å². The Morgan fingerprint density at radius 3 is 2.23 bits per heavy atom. The van der Waals surface area contributed by atoms with Gasteiger partial charge in [0, 0.05) is 12.2 Å². The van der Waals surface area contributed by atoms with Gasteiger partial charge in [-0.05, 0) is 24.1 Å². The predicted molar refractivity (Wildman–Crippen MR) is 156 cm³/mol. The topological polar surface area (TPSA) is 354 Å². The molecule has 0 radical (unpaired) electrons. The highest BCUT2D eigenvalue weighted by Gasteiger charge is 2.48. The molecule has 0 spiro atoms. The van der Waals surface area contributed by atoms with Crippen LogP contribution in [0.2, 0.25) is 0 Å². The van der Waals surface area contributed by atoms with Gasteiger partial charge in [-0.2, -0.15) is 0 Å². The van der Waals surface area contributed by atoms with E-state index in [-0.39, 0.29) is 36.0 Å². The minimum absolute atomic E-state index is 0.184. The number of phenols is 1. The minimum atomic E-state index is -2.05. The third-order valence-electron chi connectivity index (χ3n) is 6.36. The summed E-state index contributed by atoms with van der Waals surface area (Å²) in [5.74, 6) is -8.73. The number of aromatic hydroxyl groups is 1. The van der Waals surface area contributed by atoms with Gasteiger partial charge in [-0.25, -0.2) is 4.79 Å². The molecule has 1 fully saturated rings. The first kappa shape index (κ1) is 39.9. The van der Waals surface area contributed by atoms with Crippen LogP contribution in [0.15, 0.2) is 17.0 Å². The number of rotatable bonds is 20. The number of ether oxygens (including phenoxy) is 3. The van der Waals surface area contributed by atoms with Crippen molar-refractivity contribution >= 4 is 47.5 Å². The molecule has 0 aliphatic carbocycles. The van der Waals surface area contributed by atoms with Gasteiger partial charge in [-0.1, -0.05) is 0 Å². The molecule has 2 rings (SSSR count). The summed E-state index contributed by atoms with van der Waals surface area (Å²) >= 11 is 0.657. The highest BCUT2D eigenvalue weighted by molar-refractivity contribution is 7.99. The molecule has 1 aromatic rings. The van der Waals surface area contributed by atoms with Gasteiger partial charge < -0.3 is 71.4 Å². The minimum Gasteiger partial charge on any atom is -0.507 e. The van der Waals surface area contributed by atoms with Crippen LogP contribution in [0, 0.1) is 0 Å². The number of nitrogens with one attached hydrogen (secondary N) is 3. The average Bonchev–Trinajstić information content (AvgIpc) is 3.00. The Bertz CT molecular complexity index is 1330. The lowest BCUT2D eigenvalue weighted by Gasteiger charge is -2.38. The van der Waals surface area contributed by atoms with Gasteiger partial charge in [-0.3, -0.25) is 29.3 Å². The maximum absolute atomic E-state index is 12.8. The van der Waals surface area contributed by atoms with E-state index in [0.29, 0.717) is 11.8 Å². The van der Waals surface area contributed by atoms with E-state index < -0.39 is 109 Å². The number of amides is 2. The maximum Gasteiger partial charge on any atom is 0.335 e. The maximum atomic E-state index is 12.8. The molecule has 21 nitrogen and oxygen atoms in total. The van der Waals surface area contributed by atoms with Crippen molar-refractivity contribution in [1.29, 1.82) is 0 Å². The molecule has 268 valence electrons. The SMILES string of the molecule is NC(CCC(=O)NC(CSc1c(O)cc(COCNCC(=O)O)cc1OC1OC(C(=O)O)[C@@H](O)[C@H](O)[C@H]1O)C(=O)NCC(=O)O)C(=O)O. The van der Waals surface area contributed by atoms with E-state index in [1.807, 2.05) is 0 Å². The monoisotopic (exact) mass is 708 g/mol. The molecule has 0 saturated carbocycles. The first-order chi connectivity index (χ1) is 22.5. The molecule has 13 N–H and O–H groups in total. The quantitative estimate of drug-likeness (QED) is 0.0347. The Morgan fingerprint density at radius 1 is 0.958 bits per heavy atom. The largest absolute Gasteiger partial charge is 0.507 e. The van der Waals surface area contributed by atoms with Crippen molar-refractivity contribution in [2.24, 2.45) is 5.73 Å². The van der Waals surface area contributed by atoms with Gasteiger partial charge >= 0.3 is 23.9 Å². The van der Waals surface area contributed by atoms with E-state index in [4.69, 9.17) is 35.3 Å². The molecule has 1 aliphatic rings. The predicted octanol–water partition coefficient (Wildman–Crippen LogP) is -4.22. The first-order valence-corrected chi connectivity index (χ1v) is 14.9. The number of carbonyl (C=O) groups is 6. The van der Waals surface area contributed by atoms with E-state index in [1.165, 1.54) is 12.1 Å². The fourth-order valence-electron chi connectivity index (χ4n) is 3.94. The Kier molecular flexibility index (Phi) is 15.7. The normalized spacial score (nSPS) is 21.8. The number of hydrogen-bond donors (Lipinski definition) is 12. The van der Waals surface area contributed by atoms with Crippen LogP contribution in [0.3, 0.4) is 0 Å². The molecular formula is C26H36N4O17S. The number of phenolic OH excluding ortho intramolecular Hbond substituents is 1. The van der Waals surface area contributed by atoms with Crippen LogP contribution in [0.25, 0.3) is 0 Å². The molecule has 4 unspecified atom stereocenters. The van der Waals surface area contributed by atoms with E-state index >= 15 is 0 Å². The summed E-state index contributed by atoms with van der Waals surface area (Å²) in [4.78, 5) is 69.3. The molecule has 22 heteroatoms. The highest BCUT2D eigenvalue weighted by Crippen LogP contribution is 2.40. The molecule has 1 saturated heterocycles. The molecule has 1 heterocycles. The molecular weight excluding hydrogens is 672 g/mol. The summed E-state index contributed by atoms with van der Waals surface area (Å²) in [6.07, 6.45) is -10.8. The molecule has 2 amide bonds. The van der Waals surface area contributed by atoms with Gasteiger partial charge in [-0.15, -0.1) is 11.8 Å². The van der Waals surface area contributed by atoms with Gasteiger partial charge in [0.15, 0.2) is 6.10 Å². The Hall–Kier alpha value is -4.29. The van der Waals surface area contributed by atoms with E-state index in [9.17, 15) is 54.3 Å². The highest BCUT2D eigenvalue weighted by atomic mass is 32.2. The van der Waals surface area contributed by atoms with Crippen LogP contribution in [0.1, 0.15) is 18.4 Å². The van der Waals surface area contributed by atoms with Gasteiger partial charge in [0.2, 0.25) is 18.1 Å². The number of hydrogen-bond acceptors (Lipinski definition) is 16. The molecule has 7 atom stereocenters. The number of carbonyl (C=O) groups excluding carboxylic acids is 2. The van der Waals surface area contributed by atoms with Crippen molar-refractivity contribution < 1.29 is 83.8 Å². The van der Waals surface area contributed by atoms with Crippen LogP contribution in [-0.4, -0.2) is 145 Å². The van der Waals surface area contributed by atoms with Crippen molar-refractivity contribution in [2.45, 2.75) is 67.1 Å². The fraction of sp³-hybridized carbons (Fsp3) is 0.538. The third kappa shape index (κ3) is 12.4. The smallest absolute Gasteiger partial charge is 0.335 e. The van der Waals surface area contributed by atoms with Gasteiger partial charge in [0.25, 0.3) is 0 Å². The summed E-state index contributed by atoms with van der Waals surface area (Å²) in [5, 5.41) is 84.4. The zero-order valence-electron chi connectivity index (χ0n) is 24.9. The second-order valence-corrected chi connectivity index (χ2v) is 11.2. The van der Waals surface area contributed by atoms with Crippen LogP contribution in [0.4, 0.5) is 0 Å². The third-order valence-corrected chi connectivity index (χ3v) is 7.56. The summed E-state index contributed by atoms with van der Waals surface area (Å²) in [6, 6.07) is -0.458. The second-order valence-electron chi connectivity index (χ2n) is 10.1. The summed E-state index contributed by atoms with van der Waals surface area (Å²) in [5.41, 5.74) is 5.59. The number of nitrogens with two attached hydrogens (primary N) is 1. The Balaban J connectivity index is 2.37. The summed E-state index contributed by atoms with van der Waals surface area (Å²) in [6.45, 7) is -1.75. The van der Waals surface area contributed by atoms with Gasteiger partial charge in [0.1, 0.15) is 48.4 Å². The summed E-state index contributed by atoms with van der Waals surface area (Å²) in [7, 11) is 0. The number of carboxylic acid groups (broad SMARTS) is 4.